The van der Waals surface area contributed by atoms with Crippen molar-refractivity contribution in [1.29, 1.82) is 0 Å². The Morgan fingerprint density at radius 3 is 2.37 bits per heavy atom. The second-order valence-electron chi connectivity index (χ2n) is 8.13. The van der Waals surface area contributed by atoms with Crippen LogP contribution in [-0.4, -0.2) is 27.4 Å². The molecule has 2 rings (SSSR count). The summed E-state index contributed by atoms with van der Waals surface area (Å²) >= 11 is 0. The van der Waals surface area contributed by atoms with E-state index < -0.39 is 10.0 Å². The number of benzene rings is 1. The van der Waals surface area contributed by atoms with Gasteiger partial charge in [-0.05, 0) is 55.2 Å². The summed E-state index contributed by atoms with van der Waals surface area (Å²) in [6.45, 7) is 6.96. The Labute approximate surface area is 163 Å². The van der Waals surface area contributed by atoms with E-state index in [4.69, 9.17) is 0 Å². The first-order chi connectivity index (χ1) is 12.7. The molecule has 0 atom stereocenters. The molecule has 27 heavy (non-hydrogen) atoms. The van der Waals surface area contributed by atoms with Gasteiger partial charge < -0.3 is 5.32 Å². The second-order valence-corrected chi connectivity index (χ2v) is 9.90. The Morgan fingerprint density at radius 1 is 1.07 bits per heavy atom. The highest BCUT2D eigenvalue weighted by Crippen LogP contribution is 2.23. The number of hydrogen-bond acceptors (Lipinski definition) is 3. The molecule has 0 saturated carbocycles. The van der Waals surface area contributed by atoms with Gasteiger partial charge >= 0.3 is 0 Å². The van der Waals surface area contributed by atoms with E-state index >= 15 is 0 Å². The number of allylic oxidation sites excluding steroid dienone is 1. The minimum Gasteiger partial charge on any atom is -0.356 e. The minimum absolute atomic E-state index is 0.0263. The number of sulfonamides is 1. The van der Waals surface area contributed by atoms with Crippen LogP contribution in [0.4, 0.5) is 0 Å². The molecule has 1 aromatic rings. The fourth-order valence-electron chi connectivity index (χ4n) is 3.10. The fourth-order valence-corrected chi connectivity index (χ4v) is 4.13. The summed E-state index contributed by atoms with van der Waals surface area (Å²) < 4.78 is 27.2. The summed E-state index contributed by atoms with van der Waals surface area (Å²) in [7, 11) is -3.59. The zero-order valence-corrected chi connectivity index (χ0v) is 17.5. The lowest BCUT2D eigenvalue weighted by Crippen LogP contribution is -2.31. The summed E-state index contributed by atoms with van der Waals surface area (Å²) in [4.78, 5) is 12.1. The van der Waals surface area contributed by atoms with Gasteiger partial charge in [-0.1, -0.05) is 44.6 Å². The van der Waals surface area contributed by atoms with Crippen LogP contribution in [0.2, 0.25) is 0 Å². The Kier molecular flexibility index (Phi) is 7.62. The largest absolute Gasteiger partial charge is 0.356 e. The molecule has 0 aromatic heterocycles. The summed E-state index contributed by atoms with van der Waals surface area (Å²) in [6.07, 6.45) is 8.06. The van der Waals surface area contributed by atoms with Gasteiger partial charge in [0.15, 0.2) is 0 Å². The molecule has 2 N–H and O–H groups in total. The number of nitrogens with one attached hydrogen (secondary N) is 2. The zero-order valence-electron chi connectivity index (χ0n) is 16.7. The monoisotopic (exact) mass is 392 g/mol. The normalized spacial score (nSPS) is 15.3. The highest BCUT2D eigenvalue weighted by atomic mass is 32.2. The number of carbonyl (C=O) groups is 1. The maximum atomic E-state index is 12.3. The van der Waals surface area contributed by atoms with Crippen molar-refractivity contribution < 1.29 is 13.2 Å². The molecule has 6 heteroatoms. The van der Waals surface area contributed by atoms with Crippen LogP contribution in [0, 0.1) is 0 Å². The molecule has 1 aliphatic rings. The first-order valence-corrected chi connectivity index (χ1v) is 11.2. The molecule has 0 fully saturated rings. The molecule has 1 amide bonds. The lowest BCUT2D eigenvalue weighted by Gasteiger charge is -2.19. The Bertz CT molecular complexity index is 760. The van der Waals surface area contributed by atoms with Crippen LogP contribution in [0.3, 0.4) is 0 Å². The van der Waals surface area contributed by atoms with Crippen LogP contribution >= 0.6 is 0 Å². The van der Waals surface area contributed by atoms with Gasteiger partial charge in [-0.15, -0.1) is 0 Å². The van der Waals surface area contributed by atoms with Gasteiger partial charge in [0.25, 0.3) is 0 Å². The first-order valence-electron chi connectivity index (χ1n) is 9.73. The van der Waals surface area contributed by atoms with Crippen molar-refractivity contribution in [2.45, 2.75) is 69.6 Å². The Balaban J connectivity index is 1.74. The first kappa shape index (κ1) is 21.6. The van der Waals surface area contributed by atoms with E-state index in [2.05, 4.69) is 36.9 Å². The van der Waals surface area contributed by atoms with E-state index in [1.165, 1.54) is 18.4 Å². The second kappa shape index (κ2) is 9.51. The van der Waals surface area contributed by atoms with Crippen LogP contribution in [0.25, 0.3) is 0 Å². The molecule has 0 aliphatic heterocycles. The van der Waals surface area contributed by atoms with Gasteiger partial charge in [0.1, 0.15) is 0 Å². The van der Waals surface area contributed by atoms with Crippen LogP contribution in [-0.2, 0) is 20.2 Å². The van der Waals surface area contributed by atoms with Crippen LogP contribution in [0.5, 0.6) is 0 Å². The van der Waals surface area contributed by atoms with Crippen molar-refractivity contribution >= 4 is 15.9 Å². The molecular weight excluding hydrogens is 360 g/mol. The standard InChI is InChI=1S/C21H32N2O3S/c1-21(2,3)18-9-11-19(12-10-18)27(25,26)23-16-14-20(24)22-15-13-17-7-5-4-6-8-17/h7,9-12,23H,4-6,8,13-16H2,1-3H3,(H,22,24). The third-order valence-corrected chi connectivity index (χ3v) is 6.31. The highest BCUT2D eigenvalue weighted by molar-refractivity contribution is 7.89. The van der Waals surface area contributed by atoms with Gasteiger partial charge in [0.2, 0.25) is 15.9 Å². The molecule has 5 nitrogen and oxygen atoms in total. The summed E-state index contributed by atoms with van der Waals surface area (Å²) in [5.41, 5.74) is 2.47. The average molecular weight is 393 g/mol. The molecule has 1 aromatic carbocycles. The van der Waals surface area contributed by atoms with Crippen LogP contribution < -0.4 is 10.0 Å². The lowest BCUT2D eigenvalue weighted by atomic mass is 9.87. The van der Waals surface area contributed by atoms with E-state index in [9.17, 15) is 13.2 Å². The fraction of sp³-hybridized carbons (Fsp3) is 0.571. The number of carbonyl (C=O) groups excluding carboxylic acids is 1. The number of rotatable bonds is 8. The smallest absolute Gasteiger partial charge is 0.240 e. The Hall–Kier alpha value is -1.66. The predicted octanol–water partition coefficient (Wildman–Crippen LogP) is 3.66. The van der Waals surface area contributed by atoms with Gasteiger partial charge in [0.05, 0.1) is 4.90 Å². The van der Waals surface area contributed by atoms with Crippen molar-refractivity contribution in [1.82, 2.24) is 10.0 Å². The van der Waals surface area contributed by atoms with Crippen molar-refractivity contribution in [2.75, 3.05) is 13.1 Å². The average Bonchev–Trinajstić information content (AvgIpc) is 2.62. The maximum absolute atomic E-state index is 12.3. The summed E-state index contributed by atoms with van der Waals surface area (Å²) in [5.74, 6) is -0.128. The molecule has 1 aliphatic carbocycles. The van der Waals surface area contributed by atoms with Gasteiger partial charge in [-0.25, -0.2) is 13.1 Å². The number of hydrogen-bond donors (Lipinski definition) is 2. The molecule has 0 saturated heterocycles. The summed E-state index contributed by atoms with van der Waals surface area (Å²) in [6, 6.07) is 6.89. The van der Waals surface area contributed by atoms with E-state index in [1.807, 2.05) is 12.1 Å². The zero-order chi connectivity index (χ0) is 19.9. The van der Waals surface area contributed by atoms with Gasteiger partial charge in [-0.3, -0.25) is 4.79 Å². The number of amides is 1. The minimum atomic E-state index is -3.59. The third kappa shape index (κ3) is 7.11. The van der Waals surface area contributed by atoms with Crippen LogP contribution in [0.1, 0.15) is 64.9 Å². The van der Waals surface area contributed by atoms with E-state index in [1.54, 1.807) is 12.1 Å². The topological polar surface area (TPSA) is 75.3 Å². The molecular formula is C21H32N2O3S. The lowest BCUT2D eigenvalue weighted by molar-refractivity contribution is -0.120. The van der Waals surface area contributed by atoms with E-state index in [0.29, 0.717) is 6.54 Å². The molecule has 0 bridgehead atoms. The molecule has 0 unspecified atom stereocenters. The maximum Gasteiger partial charge on any atom is 0.240 e. The molecule has 0 heterocycles. The predicted molar refractivity (Wildman–Crippen MR) is 109 cm³/mol. The van der Waals surface area contributed by atoms with Crippen LogP contribution in [0.15, 0.2) is 40.8 Å². The van der Waals surface area contributed by atoms with Crippen molar-refractivity contribution in [2.24, 2.45) is 0 Å². The van der Waals surface area contributed by atoms with Gasteiger partial charge in [-0.2, -0.15) is 0 Å². The SMILES string of the molecule is CC(C)(C)c1ccc(S(=O)(=O)NCCC(=O)NCCC2=CCCCC2)cc1. The third-order valence-electron chi connectivity index (χ3n) is 4.83. The van der Waals surface area contributed by atoms with Crippen molar-refractivity contribution in [3.05, 3.63) is 41.5 Å². The summed E-state index contributed by atoms with van der Waals surface area (Å²) in [5, 5.41) is 2.87. The van der Waals surface area contributed by atoms with Gasteiger partial charge in [0, 0.05) is 19.5 Å². The highest BCUT2D eigenvalue weighted by Gasteiger charge is 2.17. The van der Waals surface area contributed by atoms with Crippen molar-refractivity contribution in [3.63, 3.8) is 0 Å². The van der Waals surface area contributed by atoms with E-state index in [0.717, 1.165) is 24.8 Å². The quantitative estimate of drug-likeness (QED) is 0.663. The molecule has 0 radical (unpaired) electrons. The Morgan fingerprint density at radius 2 is 1.78 bits per heavy atom. The molecule has 150 valence electrons. The molecule has 0 spiro atoms. The van der Waals surface area contributed by atoms with Crippen molar-refractivity contribution in [3.8, 4) is 0 Å². The van der Waals surface area contributed by atoms with E-state index in [-0.39, 0.29) is 29.2 Å².